The van der Waals surface area contributed by atoms with Crippen LogP contribution in [0, 0.1) is 0 Å². The molecule has 0 saturated heterocycles. The summed E-state index contributed by atoms with van der Waals surface area (Å²) in [4.78, 5) is 33.1. The topological polar surface area (TPSA) is 130 Å². The highest BCUT2D eigenvalue weighted by molar-refractivity contribution is 8.13. The van der Waals surface area contributed by atoms with Crippen molar-refractivity contribution in [3.63, 3.8) is 0 Å². The summed E-state index contributed by atoms with van der Waals surface area (Å²) in [6.07, 6.45) is -0.532. The number of amides is 1. The van der Waals surface area contributed by atoms with Crippen molar-refractivity contribution in [2.24, 2.45) is 10.7 Å². The van der Waals surface area contributed by atoms with Gasteiger partial charge in [-0.05, 0) is 0 Å². The molecule has 0 radical (unpaired) electrons. The van der Waals surface area contributed by atoms with Crippen LogP contribution in [0.2, 0.25) is 0 Å². The number of nitrogens with zero attached hydrogens (tertiary/aromatic N) is 1. The van der Waals surface area contributed by atoms with Crippen LogP contribution < -0.4 is 5.73 Å². The number of carboxylic acids is 2. The Hall–Kier alpha value is -1.41. The average molecular weight is 234 g/mol. The van der Waals surface area contributed by atoms with Gasteiger partial charge in [0.2, 0.25) is 0 Å². The third-order valence-corrected chi connectivity index (χ3v) is 1.86. The van der Waals surface area contributed by atoms with Crippen molar-refractivity contribution in [3.05, 3.63) is 0 Å². The molecule has 0 aromatic heterocycles. The molecule has 8 heteroatoms. The van der Waals surface area contributed by atoms with Gasteiger partial charge in [-0.15, -0.1) is 11.8 Å². The van der Waals surface area contributed by atoms with Gasteiger partial charge in [0.25, 0.3) is 5.91 Å². The first-order chi connectivity index (χ1) is 6.93. The second-order valence-corrected chi connectivity index (χ2v) is 3.31. The molecule has 0 aromatic rings. The summed E-state index contributed by atoms with van der Waals surface area (Å²) in [7, 11) is 0. The largest absolute Gasteiger partial charge is 0.481 e. The molecule has 1 atom stereocenters. The summed E-state index contributed by atoms with van der Waals surface area (Å²) in [5.74, 6) is -1.97. The Morgan fingerprint density at radius 1 is 1.60 bits per heavy atom. The zero-order valence-corrected chi connectivity index (χ0v) is 8.44. The van der Waals surface area contributed by atoms with E-state index in [0.717, 1.165) is 0 Å². The fourth-order valence-electron chi connectivity index (χ4n) is 0.517. The Morgan fingerprint density at radius 2 is 2.20 bits per heavy atom. The van der Waals surface area contributed by atoms with Crippen molar-refractivity contribution in [1.82, 2.24) is 0 Å². The van der Waals surface area contributed by atoms with Crippen LogP contribution in [0.1, 0.15) is 6.42 Å². The Balaban J connectivity index is 0.000000280. The van der Waals surface area contributed by atoms with E-state index >= 15 is 0 Å². The maximum Gasteiger partial charge on any atom is 0.321 e. The molecule has 1 aliphatic heterocycles. The summed E-state index contributed by atoms with van der Waals surface area (Å²) in [6, 6.07) is -1.29. The van der Waals surface area contributed by atoms with Gasteiger partial charge in [-0.1, -0.05) is 0 Å². The summed E-state index contributed by atoms with van der Waals surface area (Å²) in [6.45, 7) is 0. The number of aliphatic carboxylic acids is 2. The van der Waals surface area contributed by atoms with Crippen molar-refractivity contribution >= 4 is 35.2 Å². The van der Waals surface area contributed by atoms with Gasteiger partial charge in [0.05, 0.1) is 17.7 Å². The number of carbonyl (C=O) groups excluding carboxylic acids is 1. The van der Waals surface area contributed by atoms with E-state index in [1.54, 1.807) is 5.55 Å². The SMILES string of the molecule is N[C@@H](CC(=O)O)C(=O)O.O=C1CSC=N1. The van der Waals surface area contributed by atoms with Gasteiger partial charge in [-0.25, -0.2) is 4.99 Å². The monoisotopic (exact) mass is 234 g/mol. The zero-order chi connectivity index (χ0) is 11.8. The highest BCUT2D eigenvalue weighted by Gasteiger charge is 2.14. The molecule has 0 aliphatic carbocycles. The third kappa shape index (κ3) is 7.65. The maximum atomic E-state index is 10.0. The van der Waals surface area contributed by atoms with Crippen molar-refractivity contribution < 1.29 is 24.6 Å². The molecule has 7 nitrogen and oxygen atoms in total. The first-order valence-corrected chi connectivity index (χ1v) is 4.85. The molecule has 1 aliphatic rings. The van der Waals surface area contributed by atoms with Gasteiger partial charge >= 0.3 is 11.9 Å². The smallest absolute Gasteiger partial charge is 0.321 e. The molecule has 0 unspecified atom stereocenters. The van der Waals surface area contributed by atoms with Gasteiger partial charge in [-0.3, -0.25) is 14.4 Å². The number of rotatable bonds is 3. The average Bonchev–Trinajstić information content (AvgIpc) is 2.55. The minimum atomic E-state index is -1.29. The fourth-order valence-corrected chi connectivity index (χ4v) is 1.00. The Labute approximate surface area is 89.4 Å². The Bertz CT molecular complexity index is 291. The Kier molecular flexibility index (Phi) is 6.30. The van der Waals surface area contributed by atoms with E-state index in [9.17, 15) is 14.4 Å². The summed E-state index contributed by atoms with van der Waals surface area (Å²) in [5.41, 5.74) is 6.41. The normalized spacial score (nSPS) is 15.4. The van der Waals surface area contributed by atoms with Gasteiger partial charge < -0.3 is 15.9 Å². The van der Waals surface area contributed by atoms with Crippen LogP contribution in [0.5, 0.6) is 0 Å². The maximum absolute atomic E-state index is 10.0. The first kappa shape index (κ1) is 13.6. The van der Waals surface area contributed by atoms with Gasteiger partial charge in [-0.2, -0.15) is 0 Å². The molecule has 15 heavy (non-hydrogen) atoms. The molecule has 0 fully saturated rings. The lowest BCUT2D eigenvalue weighted by Crippen LogP contribution is -2.32. The molecule has 1 rings (SSSR count). The van der Waals surface area contributed by atoms with E-state index in [4.69, 9.17) is 15.9 Å². The van der Waals surface area contributed by atoms with E-state index in [2.05, 4.69) is 4.99 Å². The lowest BCUT2D eigenvalue weighted by molar-refractivity contribution is -0.144. The van der Waals surface area contributed by atoms with Crippen LogP contribution in [-0.4, -0.2) is 45.4 Å². The second-order valence-electron chi connectivity index (χ2n) is 2.48. The standard InChI is InChI=1S/C4H7NO4.C3H3NOS/c5-2(4(8)9)1-3(6)7;5-3-1-6-2-4-3/h2H,1,5H2,(H,6,7)(H,8,9);2H,1H2/t2-;/m0./s1. The number of hydrogen-bond acceptors (Lipinski definition) is 5. The van der Waals surface area contributed by atoms with Gasteiger partial charge in [0, 0.05) is 0 Å². The van der Waals surface area contributed by atoms with Crippen LogP contribution in [0.3, 0.4) is 0 Å². The molecule has 0 spiro atoms. The number of thioether (sulfide) groups is 1. The number of aliphatic imine (C=N–C) groups is 1. The second kappa shape index (κ2) is 6.96. The number of nitrogens with two attached hydrogens (primary N) is 1. The number of carboxylic acid groups (broad SMARTS) is 2. The summed E-state index contributed by atoms with van der Waals surface area (Å²) in [5, 5.41) is 16.0. The molecular formula is C7H10N2O5S. The van der Waals surface area contributed by atoms with Crippen molar-refractivity contribution in [3.8, 4) is 0 Å². The van der Waals surface area contributed by atoms with Crippen molar-refractivity contribution in [1.29, 1.82) is 0 Å². The van der Waals surface area contributed by atoms with Crippen LogP contribution in [0.25, 0.3) is 0 Å². The highest BCUT2D eigenvalue weighted by atomic mass is 32.2. The quantitative estimate of drug-likeness (QED) is 0.580. The fraction of sp³-hybridized carbons (Fsp3) is 0.429. The number of carbonyl (C=O) groups is 3. The molecule has 0 bridgehead atoms. The Morgan fingerprint density at radius 3 is 2.33 bits per heavy atom. The lowest BCUT2D eigenvalue weighted by Gasteiger charge is -1.99. The molecular weight excluding hydrogens is 224 g/mol. The van der Waals surface area contributed by atoms with E-state index in [0.29, 0.717) is 5.75 Å². The number of hydrogen-bond donors (Lipinski definition) is 3. The lowest BCUT2D eigenvalue weighted by atomic mass is 10.2. The highest BCUT2D eigenvalue weighted by Crippen LogP contribution is 2.02. The van der Waals surface area contributed by atoms with Crippen LogP contribution in [-0.2, 0) is 14.4 Å². The molecule has 1 amide bonds. The minimum Gasteiger partial charge on any atom is -0.481 e. The molecule has 0 saturated carbocycles. The molecule has 1 heterocycles. The van der Waals surface area contributed by atoms with Gasteiger partial charge in [0.15, 0.2) is 0 Å². The summed E-state index contributed by atoms with van der Waals surface area (Å²) < 4.78 is 0. The van der Waals surface area contributed by atoms with E-state index in [1.807, 2.05) is 0 Å². The van der Waals surface area contributed by atoms with E-state index in [1.165, 1.54) is 11.8 Å². The third-order valence-electron chi connectivity index (χ3n) is 1.19. The van der Waals surface area contributed by atoms with E-state index in [-0.39, 0.29) is 5.91 Å². The first-order valence-electron chi connectivity index (χ1n) is 3.80. The van der Waals surface area contributed by atoms with Gasteiger partial charge in [0.1, 0.15) is 6.04 Å². The zero-order valence-electron chi connectivity index (χ0n) is 7.62. The van der Waals surface area contributed by atoms with Crippen LogP contribution in [0.15, 0.2) is 4.99 Å². The van der Waals surface area contributed by atoms with E-state index < -0.39 is 24.4 Å². The van der Waals surface area contributed by atoms with Crippen molar-refractivity contribution in [2.75, 3.05) is 5.75 Å². The molecule has 0 aromatic carbocycles. The van der Waals surface area contributed by atoms with Crippen LogP contribution >= 0.6 is 11.8 Å². The molecule has 84 valence electrons. The molecule has 4 N–H and O–H groups in total. The minimum absolute atomic E-state index is 0.0139. The summed E-state index contributed by atoms with van der Waals surface area (Å²) >= 11 is 1.44. The predicted molar refractivity (Wildman–Crippen MR) is 53.8 cm³/mol. The van der Waals surface area contributed by atoms with Crippen LogP contribution in [0.4, 0.5) is 0 Å². The predicted octanol–water partition coefficient (Wildman–Crippen LogP) is -0.839. The van der Waals surface area contributed by atoms with Crippen molar-refractivity contribution in [2.45, 2.75) is 12.5 Å².